The lowest BCUT2D eigenvalue weighted by Crippen LogP contribution is -2.57. The molecule has 1 aliphatic heterocycles. The summed E-state index contributed by atoms with van der Waals surface area (Å²) in [6, 6.07) is 14.7. The van der Waals surface area contributed by atoms with Crippen molar-refractivity contribution < 1.29 is 24.2 Å². The molecule has 184 valence electrons. The molecule has 8 heteroatoms. The first-order valence-electron chi connectivity index (χ1n) is 11.8. The standard InChI is InChI=1S/C26H34FN3O4/c1-3-4-12-22-25(2,24(33)34)30(21-10-6-5-7-11-21)29-26(22,19-13-15-20(27)16-14-19)23(32)28-17-8-9-18-31/h5-7,10-11,13-16,22,29,31H,3-4,8-9,12,17-18H2,1-2H3,(H,28,32)(H,33,34). The molecule has 3 atom stereocenters. The number of benzene rings is 2. The van der Waals surface area contributed by atoms with Gasteiger partial charge >= 0.3 is 5.97 Å². The maximum atomic E-state index is 13.9. The minimum Gasteiger partial charge on any atom is -0.479 e. The summed E-state index contributed by atoms with van der Waals surface area (Å²) in [5.41, 5.74) is 1.51. The summed E-state index contributed by atoms with van der Waals surface area (Å²) in [7, 11) is 0. The van der Waals surface area contributed by atoms with Crippen molar-refractivity contribution in [2.45, 2.75) is 57.0 Å². The molecule has 2 aromatic rings. The van der Waals surface area contributed by atoms with E-state index < -0.39 is 28.8 Å². The minimum absolute atomic E-state index is 0.0230. The van der Waals surface area contributed by atoms with Crippen LogP contribution in [0.15, 0.2) is 54.6 Å². The van der Waals surface area contributed by atoms with E-state index in [0.717, 1.165) is 12.8 Å². The van der Waals surface area contributed by atoms with Gasteiger partial charge in [-0.05, 0) is 56.0 Å². The van der Waals surface area contributed by atoms with Crippen molar-refractivity contribution in [3.63, 3.8) is 0 Å². The van der Waals surface area contributed by atoms with Crippen molar-refractivity contribution in [1.82, 2.24) is 10.7 Å². The Morgan fingerprint density at radius 3 is 2.35 bits per heavy atom. The average Bonchev–Trinajstić information content (AvgIpc) is 3.12. The van der Waals surface area contributed by atoms with Crippen molar-refractivity contribution in [3.8, 4) is 0 Å². The van der Waals surface area contributed by atoms with E-state index in [-0.39, 0.29) is 12.5 Å². The Morgan fingerprint density at radius 1 is 1.09 bits per heavy atom. The van der Waals surface area contributed by atoms with Gasteiger partial charge in [0.1, 0.15) is 11.4 Å². The van der Waals surface area contributed by atoms with Gasteiger partial charge in [-0.25, -0.2) is 14.6 Å². The van der Waals surface area contributed by atoms with E-state index in [4.69, 9.17) is 5.11 Å². The Labute approximate surface area is 199 Å². The number of unbranched alkanes of at least 4 members (excludes halogenated alkanes) is 2. The van der Waals surface area contributed by atoms with E-state index in [2.05, 4.69) is 10.7 Å². The van der Waals surface area contributed by atoms with Crippen LogP contribution in [0.25, 0.3) is 0 Å². The first-order chi connectivity index (χ1) is 16.3. The van der Waals surface area contributed by atoms with Crippen LogP contribution in [-0.4, -0.2) is 40.8 Å². The molecule has 1 amide bonds. The van der Waals surface area contributed by atoms with Crippen LogP contribution in [0.4, 0.5) is 10.1 Å². The molecule has 34 heavy (non-hydrogen) atoms. The number of rotatable bonds is 11. The van der Waals surface area contributed by atoms with Crippen LogP contribution < -0.4 is 15.8 Å². The zero-order valence-corrected chi connectivity index (χ0v) is 19.8. The highest BCUT2D eigenvalue weighted by molar-refractivity contribution is 5.94. The van der Waals surface area contributed by atoms with E-state index in [0.29, 0.717) is 37.1 Å². The van der Waals surface area contributed by atoms with Crippen LogP contribution in [0.2, 0.25) is 0 Å². The van der Waals surface area contributed by atoms with E-state index in [1.54, 1.807) is 36.2 Å². The molecule has 3 unspecified atom stereocenters. The molecule has 3 rings (SSSR count). The van der Waals surface area contributed by atoms with Gasteiger partial charge in [-0.15, -0.1) is 0 Å². The highest BCUT2D eigenvalue weighted by Gasteiger charge is 2.66. The van der Waals surface area contributed by atoms with E-state index >= 15 is 0 Å². The number of amides is 1. The van der Waals surface area contributed by atoms with Crippen molar-refractivity contribution in [2.75, 3.05) is 18.2 Å². The predicted octanol–water partition coefficient (Wildman–Crippen LogP) is 3.58. The largest absolute Gasteiger partial charge is 0.479 e. The lowest BCUT2D eigenvalue weighted by molar-refractivity contribution is -0.145. The number of nitrogens with zero attached hydrogens (tertiary/aromatic N) is 1. The predicted molar refractivity (Wildman–Crippen MR) is 129 cm³/mol. The fourth-order valence-corrected chi connectivity index (χ4v) is 4.90. The topological polar surface area (TPSA) is 102 Å². The molecule has 1 heterocycles. The molecule has 4 N–H and O–H groups in total. The molecule has 0 spiro atoms. The Hall–Kier alpha value is -2.97. The summed E-state index contributed by atoms with van der Waals surface area (Å²) in [6.07, 6.45) is 3.14. The molecular formula is C26H34FN3O4. The van der Waals surface area contributed by atoms with Crippen LogP contribution >= 0.6 is 0 Å². The van der Waals surface area contributed by atoms with Crippen molar-refractivity contribution in [1.29, 1.82) is 0 Å². The van der Waals surface area contributed by atoms with Crippen LogP contribution in [0, 0.1) is 11.7 Å². The second kappa shape index (κ2) is 11.0. The molecular weight excluding hydrogens is 437 g/mol. The summed E-state index contributed by atoms with van der Waals surface area (Å²) < 4.78 is 13.9. The summed E-state index contributed by atoms with van der Waals surface area (Å²) in [6.45, 7) is 4.01. The quantitative estimate of drug-likeness (QED) is 0.374. The molecule has 0 bridgehead atoms. The molecule has 0 aliphatic carbocycles. The third-order valence-corrected chi connectivity index (χ3v) is 6.78. The lowest BCUT2D eigenvalue weighted by atomic mass is 9.68. The number of halogens is 1. The molecule has 0 radical (unpaired) electrons. The second-order valence-electron chi connectivity index (χ2n) is 8.93. The Balaban J connectivity index is 2.20. The maximum absolute atomic E-state index is 13.9. The SMILES string of the molecule is CCCCC1C(C(=O)NCCCCO)(c2ccc(F)cc2)NN(c2ccccc2)C1(C)C(=O)O. The third-order valence-electron chi connectivity index (χ3n) is 6.78. The summed E-state index contributed by atoms with van der Waals surface area (Å²) in [5.74, 6) is -2.53. The molecule has 7 nitrogen and oxygen atoms in total. The van der Waals surface area contributed by atoms with Crippen LogP contribution in [0.3, 0.4) is 0 Å². The monoisotopic (exact) mass is 471 g/mol. The number of hydrogen-bond donors (Lipinski definition) is 4. The number of carboxylic acids is 1. The van der Waals surface area contributed by atoms with Gasteiger partial charge in [0, 0.05) is 19.1 Å². The van der Waals surface area contributed by atoms with E-state index in [1.807, 2.05) is 25.1 Å². The van der Waals surface area contributed by atoms with Gasteiger partial charge in [0.15, 0.2) is 5.54 Å². The summed E-state index contributed by atoms with van der Waals surface area (Å²) >= 11 is 0. The van der Waals surface area contributed by atoms with E-state index in [9.17, 15) is 19.1 Å². The summed E-state index contributed by atoms with van der Waals surface area (Å²) in [5, 5.41) is 24.1. The van der Waals surface area contributed by atoms with E-state index in [1.165, 1.54) is 12.1 Å². The number of para-hydroxylation sites is 1. The molecule has 0 aromatic heterocycles. The first kappa shape index (κ1) is 25.6. The van der Waals surface area contributed by atoms with Gasteiger partial charge in [-0.1, -0.05) is 50.1 Å². The first-order valence-corrected chi connectivity index (χ1v) is 11.8. The number of aliphatic carboxylic acids is 1. The molecule has 2 aromatic carbocycles. The fourth-order valence-electron chi connectivity index (χ4n) is 4.90. The third kappa shape index (κ3) is 4.65. The maximum Gasteiger partial charge on any atom is 0.331 e. The van der Waals surface area contributed by atoms with Crippen LogP contribution in [0.5, 0.6) is 0 Å². The van der Waals surface area contributed by atoms with Crippen LogP contribution in [-0.2, 0) is 15.1 Å². The van der Waals surface area contributed by atoms with Gasteiger partial charge in [-0.3, -0.25) is 9.80 Å². The van der Waals surface area contributed by atoms with Gasteiger partial charge in [0.05, 0.1) is 5.69 Å². The Morgan fingerprint density at radius 2 is 1.76 bits per heavy atom. The molecule has 0 saturated carbocycles. The normalized spacial score (nSPS) is 24.2. The number of hydrogen-bond acceptors (Lipinski definition) is 5. The summed E-state index contributed by atoms with van der Waals surface area (Å²) in [4.78, 5) is 26.8. The fraction of sp³-hybridized carbons (Fsp3) is 0.462. The molecule has 1 fully saturated rings. The number of aliphatic hydroxyl groups excluding tert-OH is 1. The van der Waals surface area contributed by atoms with Crippen LogP contribution in [0.1, 0.15) is 51.5 Å². The highest BCUT2D eigenvalue weighted by atomic mass is 19.1. The lowest BCUT2D eigenvalue weighted by Gasteiger charge is -2.37. The zero-order chi connectivity index (χ0) is 24.8. The number of hydrazine groups is 1. The Bertz CT molecular complexity index is 972. The van der Waals surface area contributed by atoms with Crippen molar-refractivity contribution in [2.24, 2.45) is 5.92 Å². The minimum atomic E-state index is -1.46. The van der Waals surface area contributed by atoms with Crippen molar-refractivity contribution in [3.05, 3.63) is 66.0 Å². The smallest absolute Gasteiger partial charge is 0.331 e. The number of anilines is 1. The van der Waals surface area contributed by atoms with Crippen molar-refractivity contribution >= 4 is 17.6 Å². The highest BCUT2D eigenvalue weighted by Crippen LogP contribution is 2.50. The molecule has 1 aliphatic rings. The number of carbonyl (C=O) groups is 2. The number of nitrogens with one attached hydrogen (secondary N) is 2. The van der Waals surface area contributed by atoms with Gasteiger partial charge in [0.2, 0.25) is 5.91 Å². The number of carboxylic acid groups (broad SMARTS) is 1. The van der Waals surface area contributed by atoms with Gasteiger partial charge < -0.3 is 15.5 Å². The Kier molecular flexibility index (Phi) is 8.28. The number of aliphatic hydroxyl groups is 1. The average molecular weight is 472 g/mol. The second-order valence-corrected chi connectivity index (χ2v) is 8.93. The number of carbonyl (C=O) groups excluding carboxylic acids is 1. The molecule has 1 saturated heterocycles. The zero-order valence-electron chi connectivity index (χ0n) is 19.8. The van der Waals surface area contributed by atoms with Gasteiger partial charge in [-0.2, -0.15) is 0 Å². The van der Waals surface area contributed by atoms with Gasteiger partial charge in [0.25, 0.3) is 0 Å².